The molecule has 2 aromatic heterocycles. The fraction of sp³-hybridized carbons (Fsp3) is 0. The molecule has 0 aliphatic rings. The Hall–Kier alpha value is -5.21. The van der Waals surface area contributed by atoms with Crippen LogP contribution in [-0.4, -0.2) is 4.98 Å². The van der Waals surface area contributed by atoms with Crippen molar-refractivity contribution in [2.45, 2.75) is 0 Å². The number of benzene rings is 6. The van der Waals surface area contributed by atoms with Crippen molar-refractivity contribution in [1.29, 1.82) is 0 Å². The smallest absolute Gasteiger partial charge is 0.137 e. The standard InChI is InChI=1S/C37H23NO/c1-3-11-24(12-4-1)26-21-27(25-13-5-2-6-14-25)23-28(22-26)36-30-16-8-7-15-29(30)31-19-20-34-35(37(31)38-36)32-17-9-10-18-33(32)39-34/h1-23H. The van der Waals surface area contributed by atoms with Crippen LogP contribution in [-0.2, 0) is 0 Å². The molecule has 0 atom stereocenters. The van der Waals surface area contributed by atoms with Gasteiger partial charge in [-0.15, -0.1) is 0 Å². The molecular weight excluding hydrogens is 474 g/mol. The number of para-hydroxylation sites is 1. The van der Waals surface area contributed by atoms with Crippen molar-refractivity contribution in [3.63, 3.8) is 0 Å². The summed E-state index contributed by atoms with van der Waals surface area (Å²) >= 11 is 0. The SMILES string of the molecule is c1ccc(-c2cc(-c3ccccc3)cc(-c3nc4c(ccc5oc6ccccc6c54)c4ccccc34)c2)cc1. The predicted octanol–water partition coefficient (Wildman–Crippen LogP) is 10.3. The summed E-state index contributed by atoms with van der Waals surface area (Å²) in [7, 11) is 0. The molecule has 0 aliphatic heterocycles. The first-order valence-corrected chi connectivity index (χ1v) is 13.2. The monoisotopic (exact) mass is 497 g/mol. The number of rotatable bonds is 3. The quantitative estimate of drug-likeness (QED) is 0.227. The molecule has 0 amide bonds. The number of furan rings is 1. The van der Waals surface area contributed by atoms with Gasteiger partial charge in [-0.1, -0.05) is 103 Å². The van der Waals surface area contributed by atoms with Crippen molar-refractivity contribution in [3.8, 4) is 33.5 Å². The second-order valence-electron chi connectivity index (χ2n) is 9.97. The summed E-state index contributed by atoms with van der Waals surface area (Å²) in [6.07, 6.45) is 0. The van der Waals surface area contributed by atoms with Crippen molar-refractivity contribution in [1.82, 2.24) is 4.98 Å². The third-order valence-electron chi connectivity index (χ3n) is 7.63. The summed E-state index contributed by atoms with van der Waals surface area (Å²) in [4.78, 5) is 5.43. The van der Waals surface area contributed by atoms with E-state index in [1.54, 1.807) is 0 Å². The van der Waals surface area contributed by atoms with E-state index < -0.39 is 0 Å². The molecule has 8 aromatic rings. The molecule has 2 heterocycles. The van der Waals surface area contributed by atoms with Gasteiger partial charge in [0.05, 0.1) is 16.6 Å². The summed E-state index contributed by atoms with van der Waals surface area (Å²) in [6, 6.07) is 49.0. The average Bonchev–Trinajstić information content (AvgIpc) is 3.40. The van der Waals surface area contributed by atoms with Crippen LogP contribution in [0.15, 0.2) is 144 Å². The van der Waals surface area contributed by atoms with Gasteiger partial charge in [-0.2, -0.15) is 0 Å². The molecule has 0 saturated heterocycles. The average molecular weight is 498 g/mol. The molecule has 0 fully saturated rings. The Bertz CT molecular complexity index is 2100. The summed E-state index contributed by atoms with van der Waals surface area (Å²) in [5, 5.41) is 5.63. The summed E-state index contributed by atoms with van der Waals surface area (Å²) in [5.74, 6) is 0. The molecule has 0 bridgehead atoms. The maximum Gasteiger partial charge on any atom is 0.137 e. The first-order chi connectivity index (χ1) is 19.3. The lowest BCUT2D eigenvalue weighted by atomic mass is 9.92. The summed E-state index contributed by atoms with van der Waals surface area (Å²) in [6.45, 7) is 0. The second-order valence-corrected chi connectivity index (χ2v) is 9.97. The van der Waals surface area contributed by atoms with Gasteiger partial charge in [-0.3, -0.25) is 0 Å². The van der Waals surface area contributed by atoms with Gasteiger partial charge in [-0.05, 0) is 64.0 Å². The van der Waals surface area contributed by atoms with Crippen molar-refractivity contribution >= 4 is 43.6 Å². The third-order valence-corrected chi connectivity index (χ3v) is 7.63. The third kappa shape index (κ3) is 3.53. The molecule has 0 saturated carbocycles. The molecule has 2 nitrogen and oxygen atoms in total. The Labute approximate surface area is 225 Å². The number of nitrogens with zero attached hydrogens (tertiary/aromatic N) is 1. The molecule has 2 heteroatoms. The summed E-state index contributed by atoms with van der Waals surface area (Å²) < 4.78 is 6.23. The maximum atomic E-state index is 6.23. The van der Waals surface area contributed by atoms with Crippen LogP contribution in [0.1, 0.15) is 0 Å². The highest BCUT2D eigenvalue weighted by molar-refractivity contribution is 6.23. The number of aromatic nitrogens is 1. The lowest BCUT2D eigenvalue weighted by molar-refractivity contribution is 0.669. The normalized spacial score (nSPS) is 11.6. The van der Waals surface area contributed by atoms with Crippen LogP contribution in [0.3, 0.4) is 0 Å². The molecule has 6 aromatic carbocycles. The Kier molecular flexibility index (Phi) is 4.86. The highest BCUT2D eigenvalue weighted by atomic mass is 16.3. The zero-order valence-electron chi connectivity index (χ0n) is 21.1. The highest BCUT2D eigenvalue weighted by Crippen LogP contribution is 2.40. The molecule has 0 N–H and O–H groups in total. The van der Waals surface area contributed by atoms with Gasteiger partial charge in [0.15, 0.2) is 0 Å². The summed E-state index contributed by atoms with van der Waals surface area (Å²) in [5.41, 5.74) is 9.50. The predicted molar refractivity (Wildman–Crippen MR) is 163 cm³/mol. The first kappa shape index (κ1) is 21.8. The van der Waals surface area contributed by atoms with Gasteiger partial charge in [0.1, 0.15) is 11.2 Å². The van der Waals surface area contributed by atoms with Crippen LogP contribution in [0, 0.1) is 0 Å². The molecular formula is C37H23NO. The van der Waals surface area contributed by atoms with Crippen molar-refractivity contribution in [2.24, 2.45) is 0 Å². The molecule has 39 heavy (non-hydrogen) atoms. The first-order valence-electron chi connectivity index (χ1n) is 13.2. The Balaban J connectivity index is 1.49. The number of fused-ring (bicyclic) bond motifs is 7. The molecule has 0 spiro atoms. The topological polar surface area (TPSA) is 26.0 Å². The maximum absolute atomic E-state index is 6.23. The van der Waals surface area contributed by atoms with Crippen LogP contribution in [0.4, 0.5) is 0 Å². The van der Waals surface area contributed by atoms with Gasteiger partial charge in [0.2, 0.25) is 0 Å². The molecule has 0 aliphatic carbocycles. The molecule has 0 radical (unpaired) electrons. The van der Waals surface area contributed by atoms with Gasteiger partial charge >= 0.3 is 0 Å². The largest absolute Gasteiger partial charge is 0.456 e. The van der Waals surface area contributed by atoms with E-state index in [1.807, 2.05) is 12.1 Å². The van der Waals surface area contributed by atoms with Gasteiger partial charge in [0.25, 0.3) is 0 Å². The fourth-order valence-electron chi connectivity index (χ4n) is 5.81. The molecule has 0 unspecified atom stereocenters. The van der Waals surface area contributed by atoms with E-state index in [0.29, 0.717) is 0 Å². The Morgan fingerprint density at radius 3 is 1.64 bits per heavy atom. The highest BCUT2D eigenvalue weighted by Gasteiger charge is 2.17. The van der Waals surface area contributed by atoms with E-state index in [9.17, 15) is 0 Å². The van der Waals surface area contributed by atoms with Crippen molar-refractivity contribution in [3.05, 3.63) is 140 Å². The molecule has 8 rings (SSSR count). The minimum atomic E-state index is 0.862. The lowest BCUT2D eigenvalue weighted by Gasteiger charge is -2.14. The van der Waals surface area contributed by atoms with E-state index in [4.69, 9.17) is 9.40 Å². The number of hydrogen-bond donors (Lipinski definition) is 0. The minimum absolute atomic E-state index is 0.862. The zero-order valence-corrected chi connectivity index (χ0v) is 21.1. The van der Waals surface area contributed by atoms with Crippen molar-refractivity contribution in [2.75, 3.05) is 0 Å². The van der Waals surface area contributed by atoms with Crippen LogP contribution in [0.2, 0.25) is 0 Å². The van der Waals surface area contributed by atoms with Crippen LogP contribution >= 0.6 is 0 Å². The second kappa shape index (κ2) is 8.68. The van der Waals surface area contributed by atoms with Crippen LogP contribution in [0.5, 0.6) is 0 Å². The van der Waals surface area contributed by atoms with Crippen LogP contribution < -0.4 is 0 Å². The van der Waals surface area contributed by atoms with Crippen LogP contribution in [0.25, 0.3) is 77.1 Å². The minimum Gasteiger partial charge on any atom is -0.456 e. The van der Waals surface area contributed by atoms with E-state index >= 15 is 0 Å². The Morgan fingerprint density at radius 2 is 0.949 bits per heavy atom. The van der Waals surface area contributed by atoms with E-state index in [1.165, 1.54) is 27.6 Å². The fourth-order valence-corrected chi connectivity index (χ4v) is 5.81. The van der Waals surface area contributed by atoms with Gasteiger partial charge in [-0.25, -0.2) is 4.98 Å². The zero-order chi connectivity index (χ0) is 25.8. The van der Waals surface area contributed by atoms with E-state index in [0.717, 1.165) is 49.5 Å². The van der Waals surface area contributed by atoms with Gasteiger partial charge in [0, 0.05) is 21.7 Å². The number of pyridine rings is 1. The van der Waals surface area contributed by atoms with Gasteiger partial charge < -0.3 is 4.42 Å². The number of hydrogen-bond acceptors (Lipinski definition) is 2. The Morgan fingerprint density at radius 1 is 0.385 bits per heavy atom. The lowest BCUT2D eigenvalue weighted by Crippen LogP contribution is -1.92. The van der Waals surface area contributed by atoms with E-state index in [2.05, 4.69) is 127 Å². The molecule has 182 valence electrons. The van der Waals surface area contributed by atoms with E-state index in [-0.39, 0.29) is 0 Å². The van der Waals surface area contributed by atoms with Crippen molar-refractivity contribution < 1.29 is 4.42 Å².